The van der Waals surface area contributed by atoms with Crippen molar-refractivity contribution >= 4 is 17.5 Å². The molecule has 1 fully saturated rings. The number of hydrogen-bond donors (Lipinski definition) is 1. The van der Waals surface area contributed by atoms with E-state index in [2.05, 4.69) is 35.8 Å². The van der Waals surface area contributed by atoms with Crippen LogP contribution >= 0.6 is 11.8 Å². The van der Waals surface area contributed by atoms with Crippen molar-refractivity contribution < 1.29 is 4.79 Å². The SMILES string of the molecule is CNC(c1ccc(SC)cc1)C1CCC(=O)CC1. The molecule has 98 valence electrons. The Morgan fingerprint density at radius 3 is 2.33 bits per heavy atom. The second-order valence-electron chi connectivity index (χ2n) is 4.92. The van der Waals surface area contributed by atoms with Crippen LogP contribution in [0.4, 0.5) is 0 Å². The van der Waals surface area contributed by atoms with Crippen LogP contribution in [0.2, 0.25) is 0 Å². The molecular weight excluding hydrogens is 242 g/mol. The molecule has 1 aliphatic rings. The van der Waals surface area contributed by atoms with Gasteiger partial charge in [-0.15, -0.1) is 11.8 Å². The summed E-state index contributed by atoms with van der Waals surface area (Å²) in [6.07, 6.45) is 5.65. The summed E-state index contributed by atoms with van der Waals surface area (Å²) in [5, 5.41) is 3.42. The molecule has 0 bridgehead atoms. The van der Waals surface area contributed by atoms with Crippen molar-refractivity contribution in [1.82, 2.24) is 5.32 Å². The number of nitrogens with one attached hydrogen (secondary N) is 1. The lowest BCUT2D eigenvalue weighted by Crippen LogP contribution is -2.28. The monoisotopic (exact) mass is 263 g/mol. The standard InChI is InChI=1S/C15H21NOS/c1-16-15(11-3-7-13(17)8-4-11)12-5-9-14(18-2)10-6-12/h5-6,9-11,15-16H,3-4,7-8H2,1-2H3. The lowest BCUT2D eigenvalue weighted by Gasteiger charge is -2.30. The fourth-order valence-electron chi connectivity index (χ4n) is 2.78. The van der Waals surface area contributed by atoms with Gasteiger partial charge in [0.25, 0.3) is 0 Å². The minimum Gasteiger partial charge on any atom is -0.313 e. The van der Waals surface area contributed by atoms with E-state index in [9.17, 15) is 4.79 Å². The zero-order chi connectivity index (χ0) is 13.0. The number of rotatable bonds is 4. The highest BCUT2D eigenvalue weighted by atomic mass is 32.2. The highest BCUT2D eigenvalue weighted by Crippen LogP contribution is 2.33. The van der Waals surface area contributed by atoms with E-state index in [-0.39, 0.29) is 0 Å². The average molecular weight is 263 g/mol. The molecule has 0 aliphatic heterocycles. The fourth-order valence-corrected chi connectivity index (χ4v) is 3.19. The van der Waals surface area contributed by atoms with Crippen LogP contribution in [-0.2, 0) is 4.79 Å². The van der Waals surface area contributed by atoms with Gasteiger partial charge >= 0.3 is 0 Å². The maximum Gasteiger partial charge on any atom is 0.132 e. The van der Waals surface area contributed by atoms with Crippen molar-refractivity contribution in [1.29, 1.82) is 0 Å². The first-order valence-electron chi connectivity index (χ1n) is 6.57. The molecule has 0 radical (unpaired) electrons. The molecule has 0 aromatic heterocycles. The molecular formula is C15H21NOS. The maximum atomic E-state index is 11.3. The summed E-state index contributed by atoms with van der Waals surface area (Å²) in [5.74, 6) is 1.02. The quantitative estimate of drug-likeness (QED) is 0.844. The van der Waals surface area contributed by atoms with Gasteiger partial charge < -0.3 is 5.32 Å². The average Bonchev–Trinajstić information content (AvgIpc) is 2.42. The molecule has 3 heteroatoms. The lowest BCUT2D eigenvalue weighted by atomic mass is 9.81. The predicted molar refractivity (Wildman–Crippen MR) is 77.0 cm³/mol. The number of thioether (sulfide) groups is 1. The van der Waals surface area contributed by atoms with Crippen LogP contribution in [0.3, 0.4) is 0 Å². The van der Waals surface area contributed by atoms with Gasteiger partial charge in [-0.05, 0) is 49.8 Å². The van der Waals surface area contributed by atoms with E-state index < -0.39 is 0 Å². The van der Waals surface area contributed by atoms with Crippen LogP contribution in [0, 0.1) is 5.92 Å². The fraction of sp³-hybridized carbons (Fsp3) is 0.533. The number of hydrogen-bond acceptors (Lipinski definition) is 3. The summed E-state index contributed by atoms with van der Waals surface area (Å²) >= 11 is 1.77. The molecule has 1 unspecified atom stereocenters. The molecule has 0 spiro atoms. The van der Waals surface area contributed by atoms with Gasteiger partial charge in [-0.3, -0.25) is 4.79 Å². The first kappa shape index (κ1) is 13.6. The van der Waals surface area contributed by atoms with Crippen LogP contribution < -0.4 is 5.32 Å². The van der Waals surface area contributed by atoms with E-state index in [1.165, 1.54) is 10.5 Å². The second kappa shape index (κ2) is 6.39. The van der Waals surface area contributed by atoms with E-state index in [1.54, 1.807) is 11.8 Å². The molecule has 2 rings (SSSR count). The second-order valence-corrected chi connectivity index (χ2v) is 5.80. The minimum absolute atomic E-state index is 0.383. The number of Topliss-reactive ketones (excluding diaryl/α,β-unsaturated/α-hetero) is 1. The zero-order valence-corrected chi connectivity index (χ0v) is 11.9. The van der Waals surface area contributed by atoms with Gasteiger partial charge in [-0.25, -0.2) is 0 Å². The van der Waals surface area contributed by atoms with Gasteiger partial charge in [-0.2, -0.15) is 0 Å². The third-order valence-corrected chi connectivity index (χ3v) is 4.59. The summed E-state index contributed by atoms with van der Waals surface area (Å²) in [4.78, 5) is 12.6. The molecule has 1 N–H and O–H groups in total. The largest absolute Gasteiger partial charge is 0.313 e. The number of carbonyl (C=O) groups excluding carboxylic acids is 1. The first-order valence-corrected chi connectivity index (χ1v) is 7.80. The maximum absolute atomic E-state index is 11.3. The predicted octanol–water partition coefficient (Wildman–Crippen LogP) is 3.43. The van der Waals surface area contributed by atoms with Crippen LogP contribution in [0.5, 0.6) is 0 Å². The van der Waals surface area contributed by atoms with Gasteiger partial charge in [0.05, 0.1) is 0 Å². The summed E-state index contributed by atoms with van der Waals surface area (Å²) < 4.78 is 0. The highest BCUT2D eigenvalue weighted by Gasteiger charge is 2.26. The Hall–Kier alpha value is -0.800. The van der Waals surface area contributed by atoms with Crippen LogP contribution in [-0.4, -0.2) is 19.1 Å². The minimum atomic E-state index is 0.383. The number of ketones is 1. The molecule has 1 aromatic carbocycles. The molecule has 1 aliphatic carbocycles. The Kier molecular flexibility index (Phi) is 4.84. The van der Waals surface area contributed by atoms with Gasteiger partial charge in [0.2, 0.25) is 0 Å². The summed E-state index contributed by atoms with van der Waals surface area (Å²) in [6, 6.07) is 9.16. The number of carbonyl (C=O) groups is 1. The van der Waals surface area contributed by atoms with Crippen molar-refractivity contribution in [2.24, 2.45) is 5.92 Å². The molecule has 0 heterocycles. The van der Waals surface area contributed by atoms with Crippen molar-refractivity contribution in [3.63, 3.8) is 0 Å². The van der Waals surface area contributed by atoms with Crippen molar-refractivity contribution in [3.8, 4) is 0 Å². The van der Waals surface area contributed by atoms with Crippen LogP contribution in [0.25, 0.3) is 0 Å². The van der Waals surface area contributed by atoms with Crippen molar-refractivity contribution in [2.45, 2.75) is 36.6 Å². The highest BCUT2D eigenvalue weighted by molar-refractivity contribution is 7.98. The summed E-state index contributed by atoms with van der Waals surface area (Å²) in [7, 11) is 2.02. The van der Waals surface area contributed by atoms with Gasteiger partial charge in [0, 0.05) is 23.8 Å². The van der Waals surface area contributed by atoms with E-state index in [4.69, 9.17) is 0 Å². The number of benzene rings is 1. The third-order valence-electron chi connectivity index (χ3n) is 3.85. The summed E-state index contributed by atoms with van der Waals surface area (Å²) in [6.45, 7) is 0. The topological polar surface area (TPSA) is 29.1 Å². The Morgan fingerprint density at radius 2 is 1.83 bits per heavy atom. The Labute approximate surface area is 114 Å². The molecule has 0 saturated heterocycles. The van der Waals surface area contributed by atoms with Crippen LogP contribution in [0.1, 0.15) is 37.3 Å². The molecule has 0 amide bonds. The van der Waals surface area contributed by atoms with Crippen molar-refractivity contribution in [2.75, 3.05) is 13.3 Å². The van der Waals surface area contributed by atoms with Crippen molar-refractivity contribution in [3.05, 3.63) is 29.8 Å². The molecule has 1 saturated carbocycles. The zero-order valence-electron chi connectivity index (χ0n) is 11.1. The molecule has 2 nitrogen and oxygen atoms in total. The van der Waals surface area contributed by atoms with Gasteiger partial charge in [0.1, 0.15) is 5.78 Å². The van der Waals surface area contributed by atoms with E-state index in [0.29, 0.717) is 17.7 Å². The van der Waals surface area contributed by atoms with E-state index >= 15 is 0 Å². The lowest BCUT2D eigenvalue weighted by molar-refractivity contribution is -0.121. The Morgan fingerprint density at radius 1 is 1.22 bits per heavy atom. The Balaban J connectivity index is 2.09. The molecule has 1 aromatic rings. The third kappa shape index (κ3) is 3.15. The Bertz CT molecular complexity index is 391. The smallest absolute Gasteiger partial charge is 0.132 e. The normalized spacial score (nSPS) is 18.9. The molecule has 18 heavy (non-hydrogen) atoms. The first-order chi connectivity index (χ1) is 8.74. The van der Waals surface area contributed by atoms with E-state index in [0.717, 1.165) is 25.7 Å². The van der Waals surface area contributed by atoms with E-state index in [1.807, 2.05) is 7.05 Å². The summed E-state index contributed by atoms with van der Waals surface area (Å²) in [5.41, 5.74) is 1.34. The van der Waals surface area contributed by atoms with Gasteiger partial charge in [-0.1, -0.05) is 12.1 Å². The van der Waals surface area contributed by atoms with Crippen LogP contribution in [0.15, 0.2) is 29.2 Å². The molecule has 1 atom stereocenters. The van der Waals surface area contributed by atoms with Gasteiger partial charge in [0.15, 0.2) is 0 Å².